The maximum absolute atomic E-state index is 13.5. The molecule has 1 aromatic heterocycles. The summed E-state index contributed by atoms with van der Waals surface area (Å²) in [6.45, 7) is 4.16. The van der Waals surface area contributed by atoms with Crippen molar-refractivity contribution in [3.05, 3.63) is 53.4 Å². The van der Waals surface area contributed by atoms with Crippen LogP contribution in [0.3, 0.4) is 0 Å². The molecule has 0 radical (unpaired) electrons. The topological polar surface area (TPSA) is 41.3 Å². The molecule has 4 nitrogen and oxygen atoms in total. The van der Waals surface area contributed by atoms with Crippen LogP contribution in [0.1, 0.15) is 30.5 Å². The average Bonchev–Trinajstić information content (AvgIpc) is 3.14. The largest absolute Gasteiger partial charge is 0.392 e. The number of benzene rings is 1. The second kappa shape index (κ2) is 6.76. The van der Waals surface area contributed by atoms with Crippen LogP contribution >= 0.6 is 0 Å². The lowest BCUT2D eigenvalue weighted by molar-refractivity contribution is 0.175. The summed E-state index contributed by atoms with van der Waals surface area (Å²) in [5.41, 5.74) is 1.85. The number of β-amino-alcohol motifs (C(OH)–C–C–N with tert-alkyl or cyclic N) is 1. The van der Waals surface area contributed by atoms with Gasteiger partial charge in [-0.15, -0.1) is 0 Å². The van der Waals surface area contributed by atoms with Gasteiger partial charge in [0.2, 0.25) is 0 Å². The number of aromatic nitrogens is 2. The van der Waals surface area contributed by atoms with Crippen LogP contribution < -0.4 is 0 Å². The molecule has 0 amide bonds. The van der Waals surface area contributed by atoms with Crippen molar-refractivity contribution in [1.29, 1.82) is 0 Å². The third kappa shape index (κ3) is 3.59. The van der Waals surface area contributed by atoms with E-state index in [-0.39, 0.29) is 6.04 Å². The van der Waals surface area contributed by atoms with Gasteiger partial charge in [-0.25, -0.2) is 8.78 Å². The predicted molar refractivity (Wildman–Crippen MR) is 82.9 cm³/mol. The van der Waals surface area contributed by atoms with Crippen LogP contribution in [-0.4, -0.2) is 39.0 Å². The van der Waals surface area contributed by atoms with Crippen molar-refractivity contribution in [2.24, 2.45) is 0 Å². The van der Waals surface area contributed by atoms with Gasteiger partial charge >= 0.3 is 0 Å². The van der Waals surface area contributed by atoms with E-state index in [1.165, 1.54) is 6.07 Å². The van der Waals surface area contributed by atoms with E-state index >= 15 is 0 Å². The van der Waals surface area contributed by atoms with Crippen LogP contribution in [0.4, 0.5) is 8.78 Å². The number of nitrogens with zero attached hydrogens (tertiary/aromatic N) is 3. The summed E-state index contributed by atoms with van der Waals surface area (Å²) in [4.78, 5) is 2.13. The van der Waals surface area contributed by atoms with Crippen molar-refractivity contribution in [3.8, 4) is 0 Å². The Labute approximate surface area is 134 Å². The Morgan fingerprint density at radius 3 is 2.83 bits per heavy atom. The molecule has 124 valence electrons. The Hall–Kier alpha value is -1.79. The molecular weight excluding hydrogens is 300 g/mol. The first kappa shape index (κ1) is 16.1. The van der Waals surface area contributed by atoms with Gasteiger partial charge in [-0.05, 0) is 43.0 Å². The predicted octanol–water partition coefficient (Wildman–Crippen LogP) is 2.53. The molecule has 1 aliphatic heterocycles. The van der Waals surface area contributed by atoms with Gasteiger partial charge in [0.15, 0.2) is 11.6 Å². The fourth-order valence-electron chi connectivity index (χ4n) is 3.17. The number of aliphatic hydroxyl groups is 1. The molecule has 1 aliphatic rings. The summed E-state index contributed by atoms with van der Waals surface area (Å²) in [6.07, 6.45) is 4.78. The number of likely N-dealkylation sites (tertiary alicyclic amines) is 1. The molecule has 1 saturated heterocycles. The lowest BCUT2D eigenvalue weighted by Gasteiger charge is -2.24. The molecule has 1 N–H and O–H groups in total. The maximum atomic E-state index is 13.5. The Bertz CT molecular complexity index is 674. The first-order chi connectivity index (χ1) is 11.1. The van der Waals surface area contributed by atoms with E-state index in [2.05, 4.69) is 10.00 Å². The van der Waals surface area contributed by atoms with Crippen molar-refractivity contribution < 1.29 is 13.9 Å². The van der Waals surface area contributed by atoms with Gasteiger partial charge in [0, 0.05) is 31.9 Å². The molecular formula is C17H21F2N3O. The zero-order valence-electron chi connectivity index (χ0n) is 13.1. The van der Waals surface area contributed by atoms with Crippen LogP contribution in [0, 0.1) is 11.6 Å². The monoisotopic (exact) mass is 321 g/mol. The second-order valence-corrected chi connectivity index (χ2v) is 6.03. The minimum absolute atomic E-state index is 0.0821. The van der Waals surface area contributed by atoms with E-state index in [1.54, 1.807) is 6.07 Å². The molecule has 0 spiro atoms. The SMILES string of the molecule is CCn1cc(CCN2C[C@H](O)C[C@H]2c2ccc(F)c(F)c2)cn1. The number of aliphatic hydroxyl groups excluding tert-OH is 1. The first-order valence-electron chi connectivity index (χ1n) is 7.95. The highest BCUT2D eigenvalue weighted by atomic mass is 19.2. The Kier molecular flexibility index (Phi) is 4.73. The highest BCUT2D eigenvalue weighted by Gasteiger charge is 2.32. The van der Waals surface area contributed by atoms with Crippen molar-refractivity contribution in [2.75, 3.05) is 13.1 Å². The van der Waals surface area contributed by atoms with E-state index in [0.717, 1.165) is 31.1 Å². The van der Waals surface area contributed by atoms with Gasteiger partial charge in [0.05, 0.1) is 12.3 Å². The van der Waals surface area contributed by atoms with Crippen LogP contribution in [0.15, 0.2) is 30.6 Å². The Morgan fingerprint density at radius 1 is 1.30 bits per heavy atom. The summed E-state index contributed by atoms with van der Waals surface area (Å²) in [5, 5.41) is 14.2. The summed E-state index contributed by atoms with van der Waals surface area (Å²) >= 11 is 0. The van der Waals surface area contributed by atoms with Gasteiger partial charge < -0.3 is 5.11 Å². The Morgan fingerprint density at radius 2 is 2.13 bits per heavy atom. The minimum Gasteiger partial charge on any atom is -0.392 e. The van der Waals surface area contributed by atoms with Gasteiger partial charge in [0.25, 0.3) is 0 Å². The highest BCUT2D eigenvalue weighted by molar-refractivity contribution is 5.23. The molecule has 2 aromatic rings. The highest BCUT2D eigenvalue weighted by Crippen LogP contribution is 2.32. The first-order valence-corrected chi connectivity index (χ1v) is 7.95. The fraction of sp³-hybridized carbons (Fsp3) is 0.471. The second-order valence-electron chi connectivity index (χ2n) is 6.03. The van der Waals surface area contributed by atoms with Gasteiger partial charge in [0.1, 0.15) is 0 Å². The van der Waals surface area contributed by atoms with Gasteiger partial charge in [-0.3, -0.25) is 9.58 Å². The van der Waals surface area contributed by atoms with Crippen molar-refractivity contribution in [3.63, 3.8) is 0 Å². The van der Waals surface area contributed by atoms with Crippen molar-refractivity contribution in [1.82, 2.24) is 14.7 Å². The van der Waals surface area contributed by atoms with E-state index < -0.39 is 17.7 Å². The molecule has 0 bridgehead atoms. The third-order valence-electron chi connectivity index (χ3n) is 4.41. The lowest BCUT2D eigenvalue weighted by atomic mass is 10.0. The molecule has 0 aliphatic carbocycles. The molecule has 1 aromatic carbocycles. The number of halogens is 2. The minimum atomic E-state index is -0.842. The van der Waals surface area contributed by atoms with Crippen molar-refractivity contribution >= 4 is 0 Å². The number of hydrogen-bond donors (Lipinski definition) is 1. The van der Waals surface area contributed by atoms with Crippen LogP contribution in [0.5, 0.6) is 0 Å². The molecule has 2 heterocycles. The Balaban J connectivity index is 1.70. The van der Waals surface area contributed by atoms with Crippen LogP contribution in [-0.2, 0) is 13.0 Å². The van der Waals surface area contributed by atoms with E-state index in [0.29, 0.717) is 18.5 Å². The normalized spacial score (nSPS) is 21.9. The maximum Gasteiger partial charge on any atom is 0.159 e. The summed E-state index contributed by atoms with van der Waals surface area (Å²) in [5.74, 6) is -1.68. The zero-order chi connectivity index (χ0) is 16.4. The standard InChI is InChI=1S/C17H21F2N3O/c1-2-22-10-12(9-20-22)5-6-21-11-14(23)8-17(21)13-3-4-15(18)16(19)7-13/h3-4,7,9-10,14,17,23H,2,5-6,8,11H2,1H3/t14-,17+/m1/s1. The summed E-state index contributed by atoms with van der Waals surface area (Å²) in [7, 11) is 0. The number of aryl methyl sites for hydroxylation is 1. The van der Waals surface area contributed by atoms with Gasteiger partial charge in [-0.2, -0.15) is 5.10 Å². The molecule has 1 fully saturated rings. The smallest absolute Gasteiger partial charge is 0.159 e. The number of rotatable bonds is 5. The fourth-order valence-corrected chi connectivity index (χ4v) is 3.17. The molecule has 0 saturated carbocycles. The molecule has 3 rings (SSSR count). The van der Waals surface area contributed by atoms with E-state index in [1.807, 2.05) is 24.0 Å². The molecule has 0 unspecified atom stereocenters. The average molecular weight is 321 g/mol. The molecule has 23 heavy (non-hydrogen) atoms. The molecule has 2 atom stereocenters. The quantitative estimate of drug-likeness (QED) is 0.920. The summed E-state index contributed by atoms with van der Waals surface area (Å²) < 4.78 is 28.5. The van der Waals surface area contributed by atoms with E-state index in [9.17, 15) is 13.9 Å². The third-order valence-corrected chi connectivity index (χ3v) is 4.41. The van der Waals surface area contributed by atoms with Crippen LogP contribution in [0.25, 0.3) is 0 Å². The van der Waals surface area contributed by atoms with E-state index in [4.69, 9.17) is 0 Å². The zero-order valence-corrected chi connectivity index (χ0v) is 13.1. The van der Waals surface area contributed by atoms with Crippen molar-refractivity contribution in [2.45, 2.75) is 38.5 Å². The lowest BCUT2D eigenvalue weighted by Crippen LogP contribution is -2.27. The molecule has 6 heteroatoms. The van der Waals surface area contributed by atoms with Gasteiger partial charge in [-0.1, -0.05) is 6.07 Å². The van der Waals surface area contributed by atoms with Crippen LogP contribution in [0.2, 0.25) is 0 Å². The number of hydrogen-bond acceptors (Lipinski definition) is 3. The summed E-state index contributed by atoms with van der Waals surface area (Å²) in [6, 6.07) is 3.91.